The summed E-state index contributed by atoms with van der Waals surface area (Å²) >= 11 is 0. The quantitative estimate of drug-likeness (QED) is 0.869. The molecule has 114 valence electrons. The minimum atomic E-state index is -0.706. The maximum absolute atomic E-state index is 12.5. The second kappa shape index (κ2) is 5.85. The molecule has 1 aromatic rings. The number of carbonyl (C=O) groups is 2. The van der Waals surface area contributed by atoms with E-state index in [4.69, 9.17) is 10.5 Å². The molecule has 2 heterocycles. The van der Waals surface area contributed by atoms with E-state index in [1.807, 2.05) is 10.9 Å². The number of hydrogen-bond donors (Lipinski definition) is 1. The van der Waals surface area contributed by atoms with E-state index in [2.05, 4.69) is 5.10 Å². The van der Waals surface area contributed by atoms with Crippen molar-refractivity contribution in [1.82, 2.24) is 14.7 Å². The van der Waals surface area contributed by atoms with Crippen LogP contribution in [0.15, 0.2) is 12.3 Å². The van der Waals surface area contributed by atoms with Gasteiger partial charge in [-0.1, -0.05) is 12.8 Å². The lowest BCUT2D eigenvalue weighted by molar-refractivity contribution is -0.127. The Labute approximate surface area is 123 Å². The number of primary amides is 1. The molecule has 1 atom stereocenters. The Morgan fingerprint density at radius 1 is 1.33 bits per heavy atom. The van der Waals surface area contributed by atoms with Gasteiger partial charge in [-0.25, -0.2) is 0 Å². The van der Waals surface area contributed by atoms with Crippen LogP contribution in [0.25, 0.3) is 0 Å². The highest BCUT2D eigenvalue weighted by atomic mass is 16.5. The fourth-order valence-electron chi connectivity index (χ4n) is 3.05. The summed E-state index contributed by atoms with van der Waals surface area (Å²) in [6.07, 6.45) is 6.48. The van der Waals surface area contributed by atoms with Crippen molar-refractivity contribution in [2.75, 3.05) is 19.8 Å². The number of hydrogen-bond acceptors (Lipinski definition) is 4. The summed E-state index contributed by atoms with van der Waals surface area (Å²) in [4.78, 5) is 25.4. The van der Waals surface area contributed by atoms with Gasteiger partial charge in [0.2, 0.25) is 5.91 Å². The van der Waals surface area contributed by atoms with Crippen molar-refractivity contribution in [3.63, 3.8) is 0 Å². The Morgan fingerprint density at radius 3 is 2.81 bits per heavy atom. The third-order valence-corrected chi connectivity index (χ3v) is 4.24. The molecule has 2 N–H and O–H groups in total. The summed E-state index contributed by atoms with van der Waals surface area (Å²) in [5, 5.41) is 4.39. The van der Waals surface area contributed by atoms with Crippen LogP contribution in [0.2, 0.25) is 0 Å². The Bertz CT molecular complexity index is 536. The highest BCUT2D eigenvalue weighted by Crippen LogP contribution is 2.28. The van der Waals surface area contributed by atoms with E-state index in [0.29, 0.717) is 24.9 Å². The third-order valence-electron chi connectivity index (χ3n) is 4.24. The Balaban J connectivity index is 1.76. The summed E-state index contributed by atoms with van der Waals surface area (Å²) in [7, 11) is 0. The molecule has 7 heteroatoms. The van der Waals surface area contributed by atoms with Gasteiger partial charge in [-0.15, -0.1) is 0 Å². The molecule has 3 rings (SSSR count). The Morgan fingerprint density at radius 2 is 2.10 bits per heavy atom. The van der Waals surface area contributed by atoms with Gasteiger partial charge in [0, 0.05) is 12.7 Å². The molecule has 21 heavy (non-hydrogen) atoms. The topological polar surface area (TPSA) is 90.5 Å². The van der Waals surface area contributed by atoms with E-state index in [0.717, 1.165) is 12.8 Å². The number of aromatic nitrogens is 2. The lowest BCUT2D eigenvalue weighted by atomic mass is 10.2. The van der Waals surface area contributed by atoms with Crippen molar-refractivity contribution in [1.29, 1.82) is 0 Å². The summed E-state index contributed by atoms with van der Waals surface area (Å²) in [5.74, 6) is -0.794. The summed E-state index contributed by atoms with van der Waals surface area (Å²) in [6, 6.07) is 1.40. The maximum Gasteiger partial charge on any atom is 0.275 e. The first kappa shape index (κ1) is 14.1. The molecule has 2 amide bonds. The zero-order valence-electron chi connectivity index (χ0n) is 11.9. The van der Waals surface area contributed by atoms with Crippen LogP contribution in [0, 0.1) is 0 Å². The summed E-state index contributed by atoms with van der Waals surface area (Å²) < 4.78 is 7.10. The maximum atomic E-state index is 12.5. The lowest BCUT2D eigenvalue weighted by Crippen LogP contribution is -2.54. The van der Waals surface area contributed by atoms with Gasteiger partial charge in [0.1, 0.15) is 11.7 Å². The molecule has 2 aliphatic rings. The molecule has 1 aliphatic carbocycles. The molecule has 1 aliphatic heterocycles. The van der Waals surface area contributed by atoms with Crippen molar-refractivity contribution in [2.24, 2.45) is 5.73 Å². The molecule has 0 bridgehead atoms. The average Bonchev–Trinajstić information content (AvgIpc) is 3.17. The van der Waals surface area contributed by atoms with Crippen LogP contribution >= 0.6 is 0 Å². The molecule has 7 nitrogen and oxygen atoms in total. The van der Waals surface area contributed by atoms with Gasteiger partial charge in [-0.3, -0.25) is 14.3 Å². The van der Waals surface area contributed by atoms with E-state index in [9.17, 15) is 9.59 Å². The highest BCUT2D eigenvalue weighted by Gasteiger charge is 2.33. The smallest absolute Gasteiger partial charge is 0.275 e. The minimum absolute atomic E-state index is 0.157. The standard InChI is InChI=1S/C14H20N4O3/c15-13(19)12-9-21-8-7-17(12)14(20)11-5-6-18(16-11)10-3-1-2-4-10/h5-6,10,12H,1-4,7-9H2,(H2,15,19). The predicted octanol–water partition coefficient (Wildman–Crippen LogP) is 0.325. The number of amides is 2. The van der Waals surface area contributed by atoms with Crippen molar-refractivity contribution < 1.29 is 14.3 Å². The van der Waals surface area contributed by atoms with Crippen LogP contribution in [-0.4, -0.2) is 52.3 Å². The minimum Gasteiger partial charge on any atom is -0.377 e. The van der Waals surface area contributed by atoms with E-state index in [1.54, 1.807) is 6.07 Å². The molecule has 1 unspecified atom stereocenters. The zero-order chi connectivity index (χ0) is 14.8. The molecule has 1 saturated heterocycles. The highest BCUT2D eigenvalue weighted by molar-refractivity contribution is 5.96. The predicted molar refractivity (Wildman–Crippen MR) is 74.6 cm³/mol. The summed E-state index contributed by atoms with van der Waals surface area (Å²) in [5.41, 5.74) is 5.71. The molecule has 2 fully saturated rings. The van der Waals surface area contributed by atoms with Crippen LogP contribution in [0.3, 0.4) is 0 Å². The van der Waals surface area contributed by atoms with Crippen LogP contribution in [-0.2, 0) is 9.53 Å². The van der Waals surface area contributed by atoms with Crippen molar-refractivity contribution in [3.05, 3.63) is 18.0 Å². The third kappa shape index (κ3) is 2.78. The van der Waals surface area contributed by atoms with Crippen molar-refractivity contribution in [3.8, 4) is 0 Å². The Hall–Kier alpha value is -1.89. The Kier molecular flexibility index (Phi) is 3.92. The molecule has 0 spiro atoms. The number of morpholine rings is 1. The normalized spacial score (nSPS) is 23.4. The van der Waals surface area contributed by atoms with Crippen LogP contribution in [0.1, 0.15) is 42.2 Å². The molecule has 1 saturated carbocycles. The van der Waals surface area contributed by atoms with Gasteiger partial charge < -0.3 is 15.4 Å². The zero-order valence-corrected chi connectivity index (χ0v) is 11.9. The first-order chi connectivity index (χ1) is 10.2. The monoisotopic (exact) mass is 292 g/mol. The average molecular weight is 292 g/mol. The fourth-order valence-corrected chi connectivity index (χ4v) is 3.05. The SMILES string of the molecule is NC(=O)C1COCCN1C(=O)c1ccn(C2CCCC2)n1. The number of carbonyl (C=O) groups excluding carboxylic acids is 2. The van der Waals surface area contributed by atoms with Crippen LogP contribution in [0.5, 0.6) is 0 Å². The van der Waals surface area contributed by atoms with Crippen molar-refractivity contribution >= 4 is 11.8 Å². The lowest BCUT2D eigenvalue weighted by Gasteiger charge is -2.32. The largest absolute Gasteiger partial charge is 0.377 e. The van der Waals surface area contributed by atoms with Crippen LogP contribution < -0.4 is 5.73 Å². The second-order valence-electron chi connectivity index (χ2n) is 5.61. The second-order valence-corrected chi connectivity index (χ2v) is 5.61. The van der Waals surface area contributed by atoms with E-state index >= 15 is 0 Å². The molecular formula is C14H20N4O3. The van der Waals surface area contributed by atoms with E-state index in [-0.39, 0.29) is 12.5 Å². The van der Waals surface area contributed by atoms with Gasteiger partial charge in [-0.2, -0.15) is 5.10 Å². The number of nitrogens with zero attached hydrogens (tertiary/aromatic N) is 3. The molecule has 0 radical (unpaired) electrons. The number of rotatable bonds is 3. The first-order valence-corrected chi connectivity index (χ1v) is 7.40. The number of nitrogens with two attached hydrogens (primary N) is 1. The molecular weight excluding hydrogens is 272 g/mol. The van der Waals surface area contributed by atoms with E-state index in [1.165, 1.54) is 17.7 Å². The van der Waals surface area contributed by atoms with Gasteiger partial charge >= 0.3 is 0 Å². The van der Waals surface area contributed by atoms with Gasteiger partial charge in [0.05, 0.1) is 19.3 Å². The fraction of sp³-hybridized carbons (Fsp3) is 0.643. The molecule has 1 aromatic heterocycles. The van der Waals surface area contributed by atoms with Gasteiger partial charge in [0.25, 0.3) is 5.91 Å². The summed E-state index contributed by atoms with van der Waals surface area (Å²) in [6.45, 7) is 0.936. The van der Waals surface area contributed by atoms with E-state index < -0.39 is 11.9 Å². The van der Waals surface area contributed by atoms with Gasteiger partial charge in [0.15, 0.2) is 0 Å². The van der Waals surface area contributed by atoms with Gasteiger partial charge in [-0.05, 0) is 18.9 Å². The first-order valence-electron chi connectivity index (χ1n) is 7.40. The molecule has 0 aromatic carbocycles. The van der Waals surface area contributed by atoms with Crippen molar-refractivity contribution in [2.45, 2.75) is 37.8 Å². The van der Waals surface area contributed by atoms with Crippen LogP contribution in [0.4, 0.5) is 0 Å². The number of ether oxygens (including phenoxy) is 1.